The summed E-state index contributed by atoms with van der Waals surface area (Å²) in [6.07, 6.45) is 3.94. The Kier molecular flexibility index (Phi) is 6.00. The summed E-state index contributed by atoms with van der Waals surface area (Å²) in [5.74, 6) is 1.59. The van der Waals surface area contributed by atoms with Gasteiger partial charge in [0.25, 0.3) is 5.69 Å². The first-order valence-electron chi connectivity index (χ1n) is 9.22. The van der Waals surface area contributed by atoms with Crippen LogP contribution in [0.5, 0.6) is 0 Å². The summed E-state index contributed by atoms with van der Waals surface area (Å²) in [5.41, 5.74) is 1.18. The third-order valence-electron chi connectivity index (χ3n) is 4.91. The molecule has 0 aliphatic carbocycles. The van der Waals surface area contributed by atoms with Gasteiger partial charge in [-0.05, 0) is 5.56 Å². The molecule has 7 nitrogen and oxygen atoms in total. The van der Waals surface area contributed by atoms with Crippen LogP contribution in [0.25, 0.3) is 0 Å². The topological polar surface area (TPSA) is 67.4 Å². The van der Waals surface area contributed by atoms with Gasteiger partial charge in [-0.2, -0.15) is 0 Å². The molecule has 0 saturated carbocycles. The van der Waals surface area contributed by atoms with Crippen LogP contribution in [0.1, 0.15) is 31.2 Å². The number of benzene rings is 1. The first-order valence-corrected chi connectivity index (χ1v) is 9.22. The molecule has 26 heavy (non-hydrogen) atoms. The Morgan fingerprint density at radius 3 is 2.58 bits per heavy atom. The van der Waals surface area contributed by atoms with Gasteiger partial charge in [-0.3, -0.25) is 19.9 Å². The van der Waals surface area contributed by atoms with Gasteiger partial charge in [-0.15, -0.1) is 0 Å². The molecule has 1 aromatic carbocycles. The second-order valence-corrected chi connectivity index (χ2v) is 7.18. The highest BCUT2D eigenvalue weighted by Gasteiger charge is 2.18. The van der Waals surface area contributed by atoms with Gasteiger partial charge in [-0.25, -0.2) is 4.98 Å². The molecule has 0 N–H and O–H groups in total. The molecule has 1 aliphatic heterocycles. The highest BCUT2D eigenvalue weighted by molar-refractivity contribution is 5.34. The van der Waals surface area contributed by atoms with Crippen LogP contribution < -0.4 is 0 Å². The smallest absolute Gasteiger partial charge is 0.269 e. The summed E-state index contributed by atoms with van der Waals surface area (Å²) >= 11 is 0. The van der Waals surface area contributed by atoms with Gasteiger partial charge in [0, 0.05) is 76.3 Å². The number of nitro groups is 1. The standard InChI is InChI=1S/C19H27N5O2/c1-16(2)19-20-6-7-23(19)13-12-21-8-10-22(11-9-21)15-17-4-3-5-18(14-17)24(25)26/h3-7,14,16H,8-13,15H2,1-2H3. The molecule has 140 valence electrons. The van der Waals surface area contributed by atoms with Crippen molar-refractivity contribution in [2.45, 2.75) is 32.9 Å². The summed E-state index contributed by atoms with van der Waals surface area (Å²) < 4.78 is 2.25. The van der Waals surface area contributed by atoms with Crippen LogP contribution in [0.2, 0.25) is 0 Å². The summed E-state index contributed by atoms with van der Waals surface area (Å²) in [6, 6.07) is 6.95. The maximum atomic E-state index is 10.9. The van der Waals surface area contributed by atoms with Crippen LogP contribution in [-0.4, -0.2) is 57.0 Å². The summed E-state index contributed by atoms with van der Waals surface area (Å²) in [7, 11) is 0. The van der Waals surface area contributed by atoms with E-state index < -0.39 is 0 Å². The Balaban J connectivity index is 1.46. The number of hydrogen-bond acceptors (Lipinski definition) is 5. The lowest BCUT2D eigenvalue weighted by Gasteiger charge is -2.34. The Morgan fingerprint density at radius 2 is 1.88 bits per heavy atom. The minimum absolute atomic E-state index is 0.169. The van der Waals surface area contributed by atoms with E-state index in [0.29, 0.717) is 5.92 Å². The fourth-order valence-corrected chi connectivity index (χ4v) is 3.46. The highest BCUT2D eigenvalue weighted by atomic mass is 16.6. The zero-order valence-electron chi connectivity index (χ0n) is 15.5. The van der Waals surface area contributed by atoms with E-state index in [4.69, 9.17) is 0 Å². The fraction of sp³-hybridized carbons (Fsp3) is 0.526. The van der Waals surface area contributed by atoms with E-state index in [1.165, 1.54) is 0 Å². The minimum Gasteiger partial charge on any atom is -0.333 e. The Bertz CT molecular complexity index is 735. The number of imidazole rings is 1. The molecular weight excluding hydrogens is 330 g/mol. The van der Waals surface area contributed by atoms with E-state index in [1.54, 1.807) is 18.2 Å². The summed E-state index contributed by atoms with van der Waals surface area (Å²) in [5, 5.41) is 10.9. The second kappa shape index (κ2) is 8.42. The van der Waals surface area contributed by atoms with Crippen LogP contribution >= 0.6 is 0 Å². The van der Waals surface area contributed by atoms with Crippen LogP contribution in [0, 0.1) is 10.1 Å². The van der Waals surface area contributed by atoms with Crippen molar-refractivity contribution in [3.63, 3.8) is 0 Å². The molecule has 0 unspecified atom stereocenters. The van der Waals surface area contributed by atoms with Gasteiger partial charge in [0.2, 0.25) is 0 Å². The molecule has 7 heteroatoms. The molecule has 3 rings (SSSR count). The molecule has 2 heterocycles. The predicted octanol–water partition coefficient (Wildman–Crippen LogP) is 2.73. The van der Waals surface area contributed by atoms with Gasteiger partial charge in [-0.1, -0.05) is 26.0 Å². The van der Waals surface area contributed by atoms with Gasteiger partial charge in [0.05, 0.1) is 4.92 Å². The highest BCUT2D eigenvalue weighted by Crippen LogP contribution is 2.16. The monoisotopic (exact) mass is 357 g/mol. The number of aromatic nitrogens is 2. The zero-order chi connectivity index (χ0) is 18.5. The third-order valence-corrected chi connectivity index (χ3v) is 4.91. The fourth-order valence-electron chi connectivity index (χ4n) is 3.46. The van der Waals surface area contributed by atoms with E-state index >= 15 is 0 Å². The van der Waals surface area contributed by atoms with Crippen LogP contribution in [0.4, 0.5) is 5.69 Å². The molecule has 1 fully saturated rings. The molecule has 2 aromatic rings. The predicted molar refractivity (Wildman–Crippen MR) is 101 cm³/mol. The Labute approximate surface area is 154 Å². The van der Waals surface area contributed by atoms with Gasteiger partial charge >= 0.3 is 0 Å². The van der Waals surface area contributed by atoms with Crippen molar-refractivity contribution in [3.05, 3.63) is 58.2 Å². The molecule has 1 aromatic heterocycles. The van der Waals surface area contributed by atoms with Crippen molar-refractivity contribution in [1.82, 2.24) is 19.4 Å². The normalized spacial score (nSPS) is 16.3. The maximum Gasteiger partial charge on any atom is 0.269 e. The molecule has 1 aliphatic rings. The van der Waals surface area contributed by atoms with Crippen LogP contribution in [0.15, 0.2) is 36.7 Å². The average molecular weight is 357 g/mol. The molecule has 0 spiro atoms. The molecule has 0 amide bonds. The van der Waals surface area contributed by atoms with Crippen LogP contribution in [-0.2, 0) is 13.1 Å². The summed E-state index contributed by atoms with van der Waals surface area (Å²) in [4.78, 5) is 19.9. The lowest BCUT2D eigenvalue weighted by atomic mass is 10.1. The number of hydrogen-bond donors (Lipinski definition) is 0. The van der Waals surface area contributed by atoms with Crippen LogP contribution in [0.3, 0.4) is 0 Å². The molecule has 0 radical (unpaired) electrons. The van der Waals surface area contributed by atoms with E-state index in [9.17, 15) is 10.1 Å². The number of non-ortho nitro benzene ring substituents is 1. The van der Waals surface area contributed by atoms with Crippen molar-refractivity contribution >= 4 is 5.69 Å². The van der Waals surface area contributed by atoms with Gasteiger partial charge in [0.1, 0.15) is 5.82 Å². The quantitative estimate of drug-likeness (QED) is 0.563. The average Bonchev–Trinajstić information content (AvgIpc) is 3.10. The molecule has 0 atom stereocenters. The van der Waals surface area contributed by atoms with E-state index in [0.717, 1.165) is 57.2 Å². The number of rotatable bonds is 7. The first kappa shape index (κ1) is 18.5. The third kappa shape index (κ3) is 4.68. The zero-order valence-corrected chi connectivity index (χ0v) is 15.5. The molecule has 1 saturated heterocycles. The van der Waals surface area contributed by atoms with Crippen molar-refractivity contribution in [2.75, 3.05) is 32.7 Å². The first-order chi connectivity index (χ1) is 12.5. The van der Waals surface area contributed by atoms with E-state index in [2.05, 4.69) is 39.4 Å². The number of nitro benzene ring substituents is 1. The SMILES string of the molecule is CC(C)c1nccn1CCN1CCN(Cc2cccc([N+](=O)[O-])c2)CC1. The Hall–Kier alpha value is -2.25. The Morgan fingerprint density at radius 1 is 1.15 bits per heavy atom. The van der Waals surface area contributed by atoms with Gasteiger partial charge in [0.15, 0.2) is 0 Å². The maximum absolute atomic E-state index is 10.9. The number of nitrogens with zero attached hydrogens (tertiary/aromatic N) is 5. The number of piperazine rings is 1. The van der Waals surface area contributed by atoms with Crippen molar-refractivity contribution in [2.24, 2.45) is 0 Å². The van der Waals surface area contributed by atoms with Crippen molar-refractivity contribution in [3.8, 4) is 0 Å². The second-order valence-electron chi connectivity index (χ2n) is 7.18. The van der Waals surface area contributed by atoms with E-state index in [1.807, 2.05) is 12.3 Å². The summed E-state index contributed by atoms with van der Waals surface area (Å²) in [6.45, 7) is 11.2. The molecule has 0 bridgehead atoms. The largest absolute Gasteiger partial charge is 0.333 e. The van der Waals surface area contributed by atoms with Crippen molar-refractivity contribution in [1.29, 1.82) is 0 Å². The molecular formula is C19H27N5O2. The lowest BCUT2D eigenvalue weighted by molar-refractivity contribution is -0.384. The van der Waals surface area contributed by atoms with Crippen molar-refractivity contribution < 1.29 is 4.92 Å². The minimum atomic E-state index is -0.330. The van der Waals surface area contributed by atoms with Gasteiger partial charge < -0.3 is 4.57 Å². The van der Waals surface area contributed by atoms with E-state index in [-0.39, 0.29) is 10.6 Å². The lowest BCUT2D eigenvalue weighted by Crippen LogP contribution is -2.46.